The molecule has 0 bridgehead atoms. The zero-order valence-corrected chi connectivity index (χ0v) is 15.1. The van der Waals surface area contributed by atoms with Gasteiger partial charge in [0.25, 0.3) is 5.22 Å². The number of aromatic nitrogens is 1. The molecule has 0 unspecified atom stereocenters. The minimum absolute atomic E-state index is 0.0872. The summed E-state index contributed by atoms with van der Waals surface area (Å²) in [6.45, 7) is 2.35. The molecule has 26 heavy (non-hydrogen) atoms. The second-order valence-electron chi connectivity index (χ2n) is 5.21. The van der Waals surface area contributed by atoms with Gasteiger partial charge in [-0.15, -0.1) is 0 Å². The minimum atomic E-state index is -1.06. The zero-order chi connectivity index (χ0) is 18.5. The molecule has 0 aliphatic carbocycles. The van der Waals surface area contributed by atoms with Crippen LogP contribution in [0.5, 0.6) is 11.5 Å². The van der Waals surface area contributed by atoms with Crippen LogP contribution in [0.15, 0.2) is 57.0 Å². The topological polar surface area (TPSA) is 81.8 Å². The molecule has 3 rings (SSSR count). The number of rotatable bonds is 7. The maximum Gasteiger partial charge on any atom is 0.342 e. The van der Waals surface area contributed by atoms with Crippen LogP contribution in [0.25, 0.3) is 17.2 Å². The molecular weight excluding hydrogens is 354 g/mol. The molecule has 0 aliphatic rings. The lowest BCUT2D eigenvalue weighted by Gasteiger charge is -2.10. The van der Waals surface area contributed by atoms with E-state index in [-0.39, 0.29) is 10.1 Å². The van der Waals surface area contributed by atoms with Crippen LogP contribution in [0.3, 0.4) is 0 Å². The van der Waals surface area contributed by atoms with Gasteiger partial charge in [0.05, 0.1) is 13.7 Å². The fourth-order valence-corrected chi connectivity index (χ4v) is 3.07. The summed E-state index contributed by atoms with van der Waals surface area (Å²) in [7, 11) is 1.55. The molecule has 0 atom stereocenters. The van der Waals surface area contributed by atoms with Crippen LogP contribution in [-0.4, -0.2) is 29.8 Å². The van der Waals surface area contributed by atoms with Crippen LogP contribution in [0.1, 0.15) is 12.5 Å². The van der Waals surface area contributed by atoms with Gasteiger partial charge in [0.2, 0.25) is 0 Å². The van der Waals surface area contributed by atoms with Gasteiger partial charge in [-0.3, -0.25) is 0 Å². The van der Waals surface area contributed by atoms with Gasteiger partial charge in [0, 0.05) is 0 Å². The molecule has 1 N–H and O–H groups in total. The average molecular weight is 371 g/mol. The fourth-order valence-electron chi connectivity index (χ4n) is 2.33. The number of carboxylic acid groups (broad SMARTS) is 1. The average Bonchev–Trinajstić information content (AvgIpc) is 3.04. The Hall–Kier alpha value is -2.93. The van der Waals surface area contributed by atoms with Crippen LogP contribution < -0.4 is 9.47 Å². The van der Waals surface area contributed by atoms with Gasteiger partial charge in [-0.1, -0.05) is 18.2 Å². The Labute approximate surface area is 154 Å². The molecule has 0 spiro atoms. The standard InChI is InChI=1S/C19H17NO5S/c1-3-24-16-10-12(8-9-15(16)23-2)11-17(18(21)22)26-19-20-13-6-4-5-7-14(13)25-19/h4-11H,3H2,1-2H3,(H,21,22)/b17-11+. The number of carbonyl (C=O) groups is 1. The van der Waals surface area contributed by atoms with E-state index in [0.717, 1.165) is 11.8 Å². The first-order valence-electron chi connectivity index (χ1n) is 7.90. The number of methoxy groups -OCH3 is 1. The van der Waals surface area contributed by atoms with Crippen molar-refractivity contribution in [3.8, 4) is 11.5 Å². The molecule has 0 fully saturated rings. The molecule has 0 aliphatic heterocycles. The molecule has 1 aromatic heterocycles. The van der Waals surface area contributed by atoms with Crippen LogP contribution in [0.4, 0.5) is 0 Å². The van der Waals surface area contributed by atoms with Gasteiger partial charge in [0.1, 0.15) is 10.4 Å². The van der Waals surface area contributed by atoms with Crippen LogP contribution in [0.2, 0.25) is 0 Å². The number of hydrogen-bond donors (Lipinski definition) is 1. The lowest BCUT2D eigenvalue weighted by atomic mass is 10.2. The van der Waals surface area contributed by atoms with Gasteiger partial charge >= 0.3 is 5.97 Å². The first kappa shape index (κ1) is 17.9. The Morgan fingerprint density at radius 1 is 1.27 bits per heavy atom. The normalized spacial score (nSPS) is 11.5. The summed E-state index contributed by atoms with van der Waals surface area (Å²) in [5.74, 6) is 0.0823. The number of aliphatic carboxylic acids is 1. The maximum absolute atomic E-state index is 11.6. The second-order valence-corrected chi connectivity index (χ2v) is 6.20. The van der Waals surface area contributed by atoms with Crippen molar-refractivity contribution >= 4 is 34.9 Å². The van der Waals surface area contributed by atoms with Crippen molar-refractivity contribution in [3.05, 3.63) is 52.9 Å². The molecular formula is C19H17NO5S. The van der Waals surface area contributed by atoms with Gasteiger partial charge in [-0.05, 0) is 54.6 Å². The van der Waals surface area contributed by atoms with Crippen LogP contribution in [0, 0.1) is 0 Å². The van der Waals surface area contributed by atoms with E-state index in [4.69, 9.17) is 13.9 Å². The third-order valence-corrected chi connectivity index (χ3v) is 4.33. The number of oxazole rings is 1. The Bertz CT molecular complexity index is 930. The maximum atomic E-state index is 11.6. The Morgan fingerprint density at radius 2 is 2.08 bits per heavy atom. The number of nitrogens with zero attached hydrogens (tertiary/aromatic N) is 1. The van der Waals surface area contributed by atoms with Crippen molar-refractivity contribution in [2.24, 2.45) is 0 Å². The molecule has 3 aromatic rings. The Morgan fingerprint density at radius 3 is 2.77 bits per heavy atom. The number of fused-ring (bicyclic) bond motifs is 1. The molecule has 134 valence electrons. The summed E-state index contributed by atoms with van der Waals surface area (Å²) in [5.41, 5.74) is 1.97. The van der Waals surface area contributed by atoms with Crippen molar-refractivity contribution in [1.82, 2.24) is 4.98 Å². The highest BCUT2D eigenvalue weighted by atomic mass is 32.2. The largest absolute Gasteiger partial charge is 0.493 e. The summed E-state index contributed by atoms with van der Waals surface area (Å²) >= 11 is 0.958. The summed E-state index contributed by atoms with van der Waals surface area (Å²) in [5, 5.41) is 9.81. The Kier molecular flexibility index (Phi) is 5.48. The smallest absolute Gasteiger partial charge is 0.342 e. The first-order valence-corrected chi connectivity index (χ1v) is 8.71. The van der Waals surface area contributed by atoms with E-state index in [1.54, 1.807) is 37.5 Å². The molecule has 0 saturated heterocycles. The monoisotopic (exact) mass is 371 g/mol. The van der Waals surface area contributed by atoms with E-state index in [1.807, 2.05) is 25.1 Å². The summed E-state index contributed by atoms with van der Waals surface area (Å²) in [6, 6.07) is 12.5. The van der Waals surface area contributed by atoms with E-state index in [2.05, 4.69) is 4.98 Å². The highest BCUT2D eigenvalue weighted by Crippen LogP contribution is 2.33. The molecule has 0 amide bonds. The lowest BCUT2D eigenvalue weighted by Crippen LogP contribution is -1.98. The van der Waals surface area contributed by atoms with Crippen molar-refractivity contribution < 1.29 is 23.8 Å². The number of ether oxygens (including phenoxy) is 2. The van der Waals surface area contributed by atoms with Crippen molar-refractivity contribution in [2.45, 2.75) is 12.1 Å². The number of hydrogen-bond acceptors (Lipinski definition) is 6. The van der Waals surface area contributed by atoms with Crippen LogP contribution >= 0.6 is 11.8 Å². The fraction of sp³-hybridized carbons (Fsp3) is 0.158. The Balaban J connectivity index is 1.91. The summed E-state index contributed by atoms with van der Waals surface area (Å²) in [4.78, 5) is 16.0. The van der Waals surface area contributed by atoms with E-state index in [0.29, 0.717) is 34.8 Å². The number of benzene rings is 2. The highest BCUT2D eigenvalue weighted by Gasteiger charge is 2.15. The molecule has 0 saturated carbocycles. The summed E-state index contributed by atoms with van der Waals surface area (Å²) < 4.78 is 16.4. The second kappa shape index (κ2) is 7.97. The third-order valence-electron chi connectivity index (χ3n) is 3.47. The molecule has 0 radical (unpaired) electrons. The van der Waals surface area contributed by atoms with Gasteiger partial charge in [0.15, 0.2) is 17.1 Å². The van der Waals surface area contributed by atoms with Crippen molar-refractivity contribution in [2.75, 3.05) is 13.7 Å². The summed E-state index contributed by atoms with van der Waals surface area (Å²) in [6.07, 6.45) is 1.55. The van der Waals surface area contributed by atoms with E-state index in [9.17, 15) is 9.90 Å². The molecule has 7 heteroatoms. The molecule has 1 heterocycles. The quantitative estimate of drug-likeness (QED) is 0.485. The predicted octanol–water partition coefficient (Wildman–Crippen LogP) is 4.45. The van der Waals surface area contributed by atoms with Gasteiger partial charge < -0.3 is 19.0 Å². The number of carboxylic acids is 1. The van der Waals surface area contributed by atoms with Gasteiger partial charge in [-0.25, -0.2) is 9.78 Å². The third kappa shape index (κ3) is 4.00. The number of thioether (sulfide) groups is 1. The number of para-hydroxylation sites is 2. The van der Waals surface area contributed by atoms with E-state index in [1.165, 1.54) is 0 Å². The zero-order valence-electron chi connectivity index (χ0n) is 14.3. The van der Waals surface area contributed by atoms with Gasteiger partial charge in [-0.2, -0.15) is 0 Å². The first-order chi connectivity index (χ1) is 12.6. The van der Waals surface area contributed by atoms with Crippen molar-refractivity contribution in [1.29, 1.82) is 0 Å². The van der Waals surface area contributed by atoms with E-state index >= 15 is 0 Å². The highest BCUT2D eigenvalue weighted by molar-refractivity contribution is 8.03. The lowest BCUT2D eigenvalue weighted by molar-refractivity contribution is -0.131. The SMILES string of the molecule is CCOc1cc(/C=C(/Sc2nc3ccccc3o2)C(=O)O)ccc1OC. The molecule has 6 nitrogen and oxygen atoms in total. The molecule has 2 aromatic carbocycles. The van der Waals surface area contributed by atoms with Crippen molar-refractivity contribution in [3.63, 3.8) is 0 Å². The minimum Gasteiger partial charge on any atom is -0.493 e. The van der Waals surface area contributed by atoms with Crippen LogP contribution in [-0.2, 0) is 4.79 Å². The predicted molar refractivity (Wildman–Crippen MR) is 99.6 cm³/mol. The van der Waals surface area contributed by atoms with E-state index < -0.39 is 5.97 Å².